The zero-order chi connectivity index (χ0) is 18.2. The van der Waals surface area contributed by atoms with E-state index in [0.717, 1.165) is 11.3 Å². The number of benzene rings is 1. The Labute approximate surface area is 147 Å². The number of carbonyl (C=O) groups excluding carboxylic acids is 2. The van der Waals surface area contributed by atoms with Crippen LogP contribution in [0.3, 0.4) is 0 Å². The number of nitrogens with zero attached hydrogens (tertiary/aromatic N) is 2. The van der Waals surface area contributed by atoms with E-state index in [9.17, 15) is 9.59 Å². The Morgan fingerprint density at radius 2 is 1.88 bits per heavy atom. The maximum atomic E-state index is 12.8. The normalized spacial score (nSPS) is 10.4. The highest BCUT2D eigenvalue weighted by Crippen LogP contribution is 2.18. The molecule has 25 heavy (non-hydrogen) atoms. The first kappa shape index (κ1) is 18.6. The van der Waals surface area contributed by atoms with Gasteiger partial charge in [0.15, 0.2) is 0 Å². The Balaban J connectivity index is 2.20. The van der Waals surface area contributed by atoms with Gasteiger partial charge in [0.2, 0.25) is 0 Å². The number of carbonyl (C=O) groups is 2. The van der Waals surface area contributed by atoms with Crippen LogP contribution in [0, 0.1) is 6.92 Å². The van der Waals surface area contributed by atoms with E-state index in [2.05, 4.69) is 10.3 Å². The van der Waals surface area contributed by atoms with Gasteiger partial charge < -0.3 is 15.0 Å². The Kier molecular flexibility index (Phi) is 6.65. The van der Waals surface area contributed by atoms with Gasteiger partial charge in [0, 0.05) is 25.9 Å². The molecule has 2 amide bonds. The lowest BCUT2D eigenvalue weighted by Crippen LogP contribution is -2.32. The lowest BCUT2D eigenvalue weighted by Gasteiger charge is -2.21. The summed E-state index contributed by atoms with van der Waals surface area (Å²) < 4.78 is 4.90. The first-order valence-electron chi connectivity index (χ1n) is 8.19. The minimum atomic E-state index is -0.328. The lowest BCUT2D eigenvalue weighted by atomic mass is 10.2. The van der Waals surface area contributed by atoms with Crippen LogP contribution in [0.2, 0.25) is 0 Å². The highest BCUT2D eigenvalue weighted by molar-refractivity contribution is 6.05. The van der Waals surface area contributed by atoms with Gasteiger partial charge in [-0.2, -0.15) is 0 Å². The number of anilines is 1. The van der Waals surface area contributed by atoms with Gasteiger partial charge in [-0.15, -0.1) is 0 Å². The summed E-state index contributed by atoms with van der Waals surface area (Å²) in [5.41, 5.74) is 2.33. The summed E-state index contributed by atoms with van der Waals surface area (Å²) in [6, 6.07) is 12.6. The van der Waals surface area contributed by atoms with E-state index in [0.29, 0.717) is 19.7 Å². The molecule has 0 saturated carbocycles. The average Bonchev–Trinajstić information content (AvgIpc) is 2.62. The molecular formula is C19H23N3O3. The molecule has 0 radical (unpaired) electrons. The standard InChI is InChI=1S/C19H23N3O3/c1-4-22(15-8-5-7-14(2)13-15)19(24)17-10-6-9-16(21-17)18(23)20-11-12-25-3/h5-10,13H,4,11-12H2,1-3H3,(H,20,23). The molecule has 0 aliphatic heterocycles. The molecule has 6 nitrogen and oxygen atoms in total. The van der Waals surface area contributed by atoms with Gasteiger partial charge in [-0.1, -0.05) is 18.2 Å². The molecule has 0 unspecified atom stereocenters. The number of ether oxygens (including phenoxy) is 1. The number of pyridine rings is 1. The van der Waals surface area contributed by atoms with Crippen LogP contribution >= 0.6 is 0 Å². The highest BCUT2D eigenvalue weighted by atomic mass is 16.5. The zero-order valence-corrected chi connectivity index (χ0v) is 14.8. The molecule has 2 rings (SSSR count). The minimum absolute atomic E-state index is 0.210. The number of methoxy groups -OCH3 is 1. The predicted octanol–water partition coefficient (Wildman–Crippen LogP) is 2.43. The van der Waals surface area contributed by atoms with E-state index in [4.69, 9.17) is 4.74 Å². The van der Waals surface area contributed by atoms with Crippen molar-refractivity contribution in [1.82, 2.24) is 10.3 Å². The maximum Gasteiger partial charge on any atom is 0.276 e. The van der Waals surface area contributed by atoms with Gasteiger partial charge in [-0.05, 0) is 43.7 Å². The van der Waals surface area contributed by atoms with E-state index in [-0.39, 0.29) is 23.2 Å². The van der Waals surface area contributed by atoms with Crippen LogP contribution in [0.5, 0.6) is 0 Å². The van der Waals surface area contributed by atoms with Crippen molar-refractivity contribution < 1.29 is 14.3 Å². The van der Waals surface area contributed by atoms with Crippen LogP contribution in [0.1, 0.15) is 33.5 Å². The maximum absolute atomic E-state index is 12.8. The summed E-state index contributed by atoms with van der Waals surface area (Å²) in [6.45, 7) is 5.20. The molecular weight excluding hydrogens is 318 g/mol. The molecule has 1 aromatic heterocycles. The fraction of sp³-hybridized carbons (Fsp3) is 0.316. The molecule has 0 aliphatic rings. The second-order valence-corrected chi connectivity index (χ2v) is 5.55. The van der Waals surface area contributed by atoms with Gasteiger partial charge in [0.1, 0.15) is 11.4 Å². The number of hydrogen-bond donors (Lipinski definition) is 1. The van der Waals surface area contributed by atoms with Gasteiger partial charge in [-0.25, -0.2) is 4.98 Å². The van der Waals surface area contributed by atoms with Crippen LogP contribution in [-0.4, -0.2) is 43.6 Å². The third-order valence-corrected chi connectivity index (χ3v) is 3.67. The van der Waals surface area contributed by atoms with Crippen molar-refractivity contribution in [2.24, 2.45) is 0 Å². The van der Waals surface area contributed by atoms with Crippen molar-refractivity contribution in [3.05, 3.63) is 59.4 Å². The van der Waals surface area contributed by atoms with Crippen LogP contribution in [0.25, 0.3) is 0 Å². The first-order valence-corrected chi connectivity index (χ1v) is 8.19. The van der Waals surface area contributed by atoms with Crippen LogP contribution in [-0.2, 0) is 4.74 Å². The molecule has 1 heterocycles. The number of rotatable bonds is 7. The monoisotopic (exact) mass is 341 g/mol. The molecule has 0 bridgehead atoms. The van der Waals surface area contributed by atoms with Crippen LogP contribution < -0.4 is 10.2 Å². The summed E-state index contributed by atoms with van der Waals surface area (Å²) in [5.74, 6) is -0.565. The van der Waals surface area contributed by atoms with Crippen molar-refractivity contribution in [2.45, 2.75) is 13.8 Å². The van der Waals surface area contributed by atoms with E-state index >= 15 is 0 Å². The fourth-order valence-electron chi connectivity index (χ4n) is 2.42. The topological polar surface area (TPSA) is 71.5 Å². The summed E-state index contributed by atoms with van der Waals surface area (Å²) in [6.07, 6.45) is 0. The molecule has 0 spiro atoms. The van der Waals surface area contributed by atoms with Gasteiger partial charge >= 0.3 is 0 Å². The van der Waals surface area contributed by atoms with E-state index in [1.807, 2.05) is 38.1 Å². The van der Waals surface area contributed by atoms with Gasteiger partial charge in [0.25, 0.3) is 11.8 Å². The Morgan fingerprint density at radius 3 is 2.56 bits per heavy atom. The van der Waals surface area contributed by atoms with Crippen LogP contribution in [0.4, 0.5) is 5.69 Å². The quantitative estimate of drug-likeness (QED) is 0.785. The largest absolute Gasteiger partial charge is 0.383 e. The molecule has 1 N–H and O–H groups in total. The fourth-order valence-corrected chi connectivity index (χ4v) is 2.42. The highest BCUT2D eigenvalue weighted by Gasteiger charge is 2.19. The lowest BCUT2D eigenvalue weighted by molar-refractivity contribution is 0.0931. The molecule has 6 heteroatoms. The predicted molar refractivity (Wildman–Crippen MR) is 97.0 cm³/mol. The zero-order valence-electron chi connectivity index (χ0n) is 14.8. The first-order chi connectivity index (χ1) is 12.1. The smallest absolute Gasteiger partial charge is 0.276 e. The number of nitrogens with one attached hydrogen (secondary N) is 1. The SMILES string of the molecule is CCN(C(=O)c1cccc(C(=O)NCCOC)n1)c1cccc(C)c1. The van der Waals surface area contributed by atoms with Crippen molar-refractivity contribution in [2.75, 3.05) is 31.7 Å². The molecule has 132 valence electrons. The summed E-state index contributed by atoms with van der Waals surface area (Å²) in [5, 5.41) is 2.70. The molecule has 1 aromatic carbocycles. The Hall–Kier alpha value is -2.73. The Bertz CT molecular complexity index is 746. The number of aryl methyl sites for hydroxylation is 1. The van der Waals surface area contributed by atoms with E-state index < -0.39 is 0 Å². The van der Waals surface area contributed by atoms with Crippen molar-refractivity contribution in [3.8, 4) is 0 Å². The second kappa shape index (κ2) is 8.94. The summed E-state index contributed by atoms with van der Waals surface area (Å²) in [4.78, 5) is 30.8. The molecule has 0 fully saturated rings. The van der Waals surface area contributed by atoms with E-state index in [1.165, 1.54) is 0 Å². The van der Waals surface area contributed by atoms with Crippen molar-refractivity contribution in [1.29, 1.82) is 0 Å². The second-order valence-electron chi connectivity index (χ2n) is 5.55. The minimum Gasteiger partial charge on any atom is -0.383 e. The molecule has 2 aromatic rings. The average molecular weight is 341 g/mol. The van der Waals surface area contributed by atoms with Crippen molar-refractivity contribution >= 4 is 17.5 Å². The van der Waals surface area contributed by atoms with E-state index in [1.54, 1.807) is 30.2 Å². The summed E-state index contributed by atoms with van der Waals surface area (Å²) >= 11 is 0. The van der Waals surface area contributed by atoms with Gasteiger partial charge in [0.05, 0.1) is 6.61 Å². The number of aromatic nitrogens is 1. The third kappa shape index (κ3) is 4.87. The third-order valence-electron chi connectivity index (χ3n) is 3.67. The van der Waals surface area contributed by atoms with Gasteiger partial charge in [-0.3, -0.25) is 9.59 Å². The Morgan fingerprint density at radius 1 is 1.16 bits per heavy atom. The van der Waals surface area contributed by atoms with Crippen molar-refractivity contribution in [3.63, 3.8) is 0 Å². The molecule has 0 saturated heterocycles. The summed E-state index contributed by atoms with van der Waals surface area (Å²) in [7, 11) is 1.56. The number of amides is 2. The molecule has 0 aliphatic carbocycles. The number of hydrogen-bond acceptors (Lipinski definition) is 4. The van der Waals surface area contributed by atoms with Crippen LogP contribution in [0.15, 0.2) is 42.5 Å². The molecule has 0 atom stereocenters.